The third kappa shape index (κ3) is 2.73. The fourth-order valence-electron chi connectivity index (χ4n) is 2.80. The molecule has 0 fully saturated rings. The van der Waals surface area contributed by atoms with Crippen LogP contribution in [0.2, 0.25) is 0 Å². The molecule has 2 rings (SSSR count). The van der Waals surface area contributed by atoms with Crippen molar-refractivity contribution in [3.05, 3.63) is 71.3 Å². The van der Waals surface area contributed by atoms with Gasteiger partial charge in [-0.3, -0.25) is 4.79 Å². The fourth-order valence-corrected chi connectivity index (χ4v) is 2.80. The first-order chi connectivity index (χ1) is 10.0. The van der Waals surface area contributed by atoms with Crippen LogP contribution in [0.4, 0.5) is 8.78 Å². The first-order valence-corrected chi connectivity index (χ1v) is 7.10. The van der Waals surface area contributed by atoms with Crippen molar-refractivity contribution in [3.63, 3.8) is 0 Å². The first-order valence-electron chi connectivity index (χ1n) is 7.10. The molecule has 0 bridgehead atoms. The Morgan fingerprint density at radius 3 is 2.19 bits per heavy atom. The van der Waals surface area contributed by atoms with Gasteiger partial charge in [0.05, 0.1) is 11.0 Å². The van der Waals surface area contributed by atoms with Crippen molar-refractivity contribution in [2.24, 2.45) is 0 Å². The van der Waals surface area contributed by atoms with Crippen molar-refractivity contribution in [2.45, 2.75) is 32.1 Å². The van der Waals surface area contributed by atoms with Crippen molar-refractivity contribution in [1.82, 2.24) is 0 Å². The molecule has 0 aliphatic heterocycles. The summed E-state index contributed by atoms with van der Waals surface area (Å²) in [6, 6.07) is 12.3. The van der Waals surface area contributed by atoms with E-state index in [-0.39, 0.29) is 11.3 Å². The van der Waals surface area contributed by atoms with Gasteiger partial charge in [0.25, 0.3) is 0 Å². The van der Waals surface area contributed by atoms with Crippen molar-refractivity contribution in [1.29, 1.82) is 0 Å². The van der Waals surface area contributed by atoms with Gasteiger partial charge in [-0.1, -0.05) is 44.2 Å². The van der Waals surface area contributed by atoms with Gasteiger partial charge in [-0.25, -0.2) is 8.78 Å². The molecule has 0 N–H and O–H groups in total. The maximum atomic E-state index is 14.0. The number of hydrogen-bond donors (Lipinski definition) is 0. The van der Waals surface area contributed by atoms with Gasteiger partial charge in [-0.15, -0.1) is 0 Å². The molecule has 2 aromatic carbocycles. The van der Waals surface area contributed by atoms with Gasteiger partial charge >= 0.3 is 0 Å². The molecule has 0 heterocycles. The van der Waals surface area contributed by atoms with Crippen LogP contribution in [-0.2, 0) is 5.41 Å². The van der Waals surface area contributed by atoms with E-state index < -0.39 is 17.0 Å². The van der Waals surface area contributed by atoms with Crippen LogP contribution in [0.25, 0.3) is 0 Å². The highest BCUT2D eigenvalue weighted by molar-refractivity contribution is 6.04. The molecule has 21 heavy (non-hydrogen) atoms. The van der Waals surface area contributed by atoms with Gasteiger partial charge in [0.15, 0.2) is 5.78 Å². The Hall–Kier alpha value is -2.03. The van der Waals surface area contributed by atoms with Crippen molar-refractivity contribution < 1.29 is 13.6 Å². The Kier molecular flexibility index (Phi) is 4.51. The number of carbonyl (C=O) groups excluding carboxylic acids is 1. The summed E-state index contributed by atoms with van der Waals surface area (Å²) in [5, 5.41) is 0. The van der Waals surface area contributed by atoms with E-state index in [1.807, 2.05) is 44.2 Å². The fraction of sp³-hybridized carbons (Fsp3) is 0.278. The van der Waals surface area contributed by atoms with Crippen LogP contribution in [0.5, 0.6) is 0 Å². The van der Waals surface area contributed by atoms with E-state index >= 15 is 0 Å². The van der Waals surface area contributed by atoms with E-state index in [1.165, 1.54) is 0 Å². The molecule has 1 nitrogen and oxygen atoms in total. The number of hydrogen-bond acceptors (Lipinski definition) is 1. The average Bonchev–Trinajstić information content (AvgIpc) is 2.52. The number of carbonyl (C=O) groups is 1. The molecule has 3 heteroatoms. The Morgan fingerprint density at radius 1 is 1.00 bits per heavy atom. The lowest BCUT2D eigenvalue weighted by Gasteiger charge is -2.31. The third-order valence-electron chi connectivity index (χ3n) is 4.14. The predicted octanol–water partition coefficient (Wildman–Crippen LogP) is 4.91. The van der Waals surface area contributed by atoms with E-state index in [4.69, 9.17) is 0 Å². The minimum absolute atomic E-state index is 0.178. The van der Waals surface area contributed by atoms with E-state index in [1.54, 1.807) is 0 Å². The molecule has 0 saturated carbocycles. The molecule has 110 valence electrons. The van der Waals surface area contributed by atoms with Crippen LogP contribution in [0.1, 0.15) is 42.6 Å². The van der Waals surface area contributed by atoms with Crippen molar-refractivity contribution >= 4 is 5.78 Å². The summed E-state index contributed by atoms with van der Waals surface area (Å²) in [5.41, 5.74) is -0.165. The van der Waals surface area contributed by atoms with Gasteiger partial charge in [-0.2, -0.15) is 0 Å². The van der Waals surface area contributed by atoms with E-state index in [0.717, 1.165) is 23.8 Å². The zero-order valence-corrected chi connectivity index (χ0v) is 12.2. The highest BCUT2D eigenvalue weighted by Gasteiger charge is 2.38. The summed E-state index contributed by atoms with van der Waals surface area (Å²) in [4.78, 5) is 12.9. The number of rotatable bonds is 5. The molecule has 0 atom stereocenters. The Labute approximate surface area is 123 Å². The minimum atomic E-state index is -0.824. The topological polar surface area (TPSA) is 17.1 Å². The molecule has 0 aliphatic rings. The van der Waals surface area contributed by atoms with Crippen LogP contribution in [0, 0.1) is 11.6 Å². The van der Waals surface area contributed by atoms with E-state index in [9.17, 15) is 13.6 Å². The first kappa shape index (κ1) is 15.4. The van der Waals surface area contributed by atoms with E-state index in [2.05, 4.69) is 0 Å². The smallest absolute Gasteiger partial charge is 0.176 e. The summed E-state index contributed by atoms with van der Waals surface area (Å²) >= 11 is 0. The van der Waals surface area contributed by atoms with Gasteiger partial charge in [0.1, 0.15) is 11.6 Å². The standard InChI is InChI=1S/C18H18F2O/c1-3-18(4-2,13-8-6-5-7-9-13)17(21)15-12-14(19)10-11-16(15)20/h5-12H,3-4H2,1-2H3. The lowest BCUT2D eigenvalue weighted by atomic mass is 9.70. The minimum Gasteiger partial charge on any atom is -0.293 e. The van der Waals surface area contributed by atoms with Gasteiger partial charge < -0.3 is 0 Å². The van der Waals surface area contributed by atoms with Crippen LogP contribution in [0.15, 0.2) is 48.5 Å². The largest absolute Gasteiger partial charge is 0.293 e. The normalized spacial score (nSPS) is 11.4. The van der Waals surface area contributed by atoms with Crippen molar-refractivity contribution in [3.8, 4) is 0 Å². The summed E-state index contributed by atoms with van der Waals surface area (Å²) < 4.78 is 27.3. The number of halogens is 2. The second-order valence-corrected chi connectivity index (χ2v) is 5.11. The summed E-state index contributed by atoms with van der Waals surface area (Å²) in [6.45, 7) is 3.79. The monoisotopic (exact) mass is 288 g/mol. The van der Waals surface area contributed by atoms with Crippen LogP contribution >= 0.6 is 0 Å². The summed E-state index contributed by atoms with van der Waals surface area (Å²) in [7, 11) is 0. The zero-order chi connectivity index (χ0) is 15.5. The molecular weight excluding hydrogens is 270 g/mol. The lowest BCUT2D eigenvalue weighted by molar-refractivity contribution is 0.0868. The molecule has 0 radical (unpaired) electrons. The summed E-state index contributed by atoms with van der Waals surface area (Å²) in [5.74, 6) is -1.65. The second kappa shape index (κ2) is 6.17. The Bertz CT molecular complexity index is 631. The van der Waals surface area contributed by atoms with Gasteiger partial charge in [0, 0.05) is 0 Å². The molecule has 2 aromatic rings. The molecule has 0 unspecified atom stereocenters. The van der Waals surface area contributed by atoms with Crippen LogP contribution in [0.3, 0.4) is 0 Å². The molecule has 0 spiro atoms. The lowest BCUT2D eigenvalue weighted by Crippen LogP contribution is -2.35. The highest BCUT2D eigenvalue weighted by atomic mass is 19.1. The SMILES string of the molecule is CCC(CC)(C(=O)c1cc(F)ccc1F)c1ccccc1. The molecule has 0 saturated heterocycles. The predicted molar refractivity (Wildman–Crippen MR) is 79.4 cm³/mol. The second-order valence-electron chi connectivity index (χ2n) is 5.11. The zero-order valence-electron chi connectivity index (χ0n) is 12.2. The van der Waals surface area contributed by atoms with Crippen LogP contribution in [-0.4, -0.2) is 5.78 Å². The summed E-state index contributed by atoms with van der Waals surface area (Å²) in [6.07, 6.45) is 1.06. The number of benzene rings is 2. The Balaban J connectivity index is 2.57. The number of ketones is 1. The maximum absolute atomic E-state index is 14.0. The quantitative estimate of drug-likeness (QED) is 0.715. The highest BCUT2D eigenvalue weighted by Crippen LogP contribution is 2.36. The molecule has 0 amide bonds. The molecule has 0 aromatic heterocycles. The number of Topliss-reactive ketones (excluding diaryl/α,β-unsaturated/α-hetero) is 1. The van der Waals surface area contributed by atoms with Crippen molar-refractivity contribution in [2.75, 3.05) is 0 Å². The van der Waals surface area contributed by atoms with E-state index in [0.29, 0.717) is 12.8 Å². The molecule has 0 aliphatic carbocycles. The van der Waals surface area contributed by atoms with Crippen LogP contribution < -0.4 is 0 Å². The maximum Gasteiger partial charge on any atom is 0.176 e. The third-order valence-corrected chi connectivity index (χ3v) is 4.14. The average molecular weight is 288 g/mol. The van der Waals surface area contributed by atoms with Gasteiger partial charge in [-0.05, 0) is 36.6 Å². The molecular formula is C18H18F2O. The van der Waals surface area contributed by atoms with Gasteiger partial charge in [0.2, 0.25) is 0 Å². The Morgan fingerprint density at radius 2 is 1.62 bits per heavy atom.